The average Bonchev–Trinajstić information content (AvgIpc) is 3.35. The highest BCUT2D eigenvalue weighted by molar-refractivity contribution is 7.10. The zero-order valence-electron chi connectivity index (χ0n) is 16.3. The molecule has 0 saturated carbocycles. The summed E-state index contributed by atoms with van der Waals surface area (Å²) in [6.07, 6.45) is 5.76. The highest BCUT2D eigenvalue weighted by Gasteiger charge is 2.16. The van der Waals surface area contributed by atoms with E-state index < -0.39 is 0 Å². The molecule has 0 bridgehead atoms. The normalized spacial score (nSPS) is 10.9. The van der Waals surface area contributed by atoms with Crippen LogP contribution >= 0.6 is 11.3 Å². The lowest BCUT2D eigenvalue weighted by Crippen LogP contribution is -2.33. The molecule has 0 aliphatic heterocycles. The number of unbranched alkanes of at least 4 members (excludes halogenated alkanes) is 2. The van der Waals surface area contributed by atoms with Gasteiger partial charge in [0, 0.05) is 29.9 Å². The topological polar surface area (TPSA) is 25.2 Å². The molecule has 2 aromatic heterocycles. The van der Waals surface area contributed by atoms with Gasteiger partial charge in [-0.3, -0.25) is 4.79 Å². The maximum Gasteiger partial charge on any atom is 0.228 e. The first-order valence-corrected chi connectivity index (χ1v) is 10.7. The molecule has 28 heavy (non-hydrogen) atoms. The van der Waals surface area contributed by atoms with Gasteiger partial charge in [0.2, 0.25) is 5.91 Å². The molecule has 0 N–H and O–H groups in total. The van der Waals surface area contributed by atoms with E-state index in [0.717, 1.165) is 41.9 Å². The van der Waals surface area contributed by atoms with Gasteiger partial charge in [0.05, 0.1) is 13.0 Å². The number of nitrogens with zero attached hydrogens (tertiary/aromatic N) is 2. The van der Waals surface area contributed by atoms with Gasteiger partial charge in [-0.15, -0.1) is 11.3 Å². The van der Waals surface area contributed by atoms with E-state index in [1.54, 1.807) is 23.5 Å². The maximum absolute atomic E-state index is 13.2. The molecule has 2 heterocycles. The monoisotopic (exact) mass is 398 g/mol. The van der Waals surface area contributed by atoms with Crippen LogP contribution in [0.4, 0.5) is 4.39 Å². The van der Waals surface area contributed by atoms with Crippen molar-refractivity contribution in [1.29, 1.82) is 0 Å². The summed E-state index contributed by atoms with van der Waals surface area (Å²) in [5.74, 6) is -0.0502. The molecule has 148 valence electrons. The largest absolute Gasteiger partial charge is 0.345 e. The Morgan fingerprint density at radius 2 is 1.93 bits per heavy atom. The number of amides is 1. The first-order valence-electron chi connectivity index (χ1n) is 9.84. The third kappa shape index (κ3) is 5.80. The minimum atomic E-state index is -0.224. The predicted octanol–water partition coefficient (Wildman–Crippen LogP) is 5.50. The summed E-state index contributed by atoms with van der Waals surface area (Å²) in [7, 11) is 0. The first kappa shape index (κ1) is 20.3. The molecule has 0 aliphatic rings. The van der Waals surface area contributed by atoms with Crippen molar-refractivity contribution in [3.05, 3.63) is 82.1 Å². The Hall–Kier alpha value is -2.40. The van der Waals surface area contributed by atoms with Crippen molar-refractivity contribution in [3.8, 4) is 0 Å². The highest BCUT2D eigenvalue weighted by Crippen LogP contribution is 2.15. The number of benzene rings is 1. The molecule has 0 aliphatic carbocycles. The second-order valence-electron chi connectivity index (χ2n) is 7.03. The van der Waals surface area contributed by atoms with Crippen LogP contribution in [0.2, 0.25) is 0 Å². The van der Waals surface area contributed by atoms with E-state index in [9.17, 15) is 9.18 Å². The van der Waals surface area contributed by atoms with E-state index in [4.69, 9.17) is 0 Å². The molecule has 0 spiro atoms. The van der Waals surface area contributed by atoms with Gasteiger partial charge in [-0.25, -0.2) is 4.39 Å². The van der Waals surface area contributed by atoms with Crippen LogP contribution in [-0.4, -0.2) is 21.9 Å². The van der Waals surface area contributed by atoms with Crippen molar-refractivity contribution in [1.82, 2.24) is 9.47 Å². The quantitative estimate of drug-likeness (QED) is 0.414. The molecule has 1 aromatic carbocycles. The maximum atomic E-state index is 13.2. The number of carbonyl (C=O) groups is 1. The summed E-state index contributed by atoms with van der Waals surface area (Å²) in [6.45, 7) is 4.22. The zero-order chi connectivity index (χ0) is 19.8. The molecular weight excluding hydrogens is 371 g/mol. The zero-order valence-corrected chi connectivity index (χ0v) is 17.1. The molecule has 0 saturated heterocycles. The van der Waals surface area contributed by atoms with E-state index >= 15 is 0 Å². The summed E-state index contributed by atoms with van der Waals surface area (Å²) in [4.78, 5) is 16.0. The van der Waals surface area contributed by atoms with Crippen molar-refractivity contribution in [2.45, 2.75) is 45.7 Å². The van der Waals surface area contributed by atoms with Crippen LogP contribution in [-0.2, 0) is 24.3 Å². The van der Waals surface area contributed by atoms with Crippen LogP contribution in [0, 0.1) is 5.82 Å². The SMILES string of the molecule is CCCCCN(Cc1cccn1Cc1ccc(F)cc1)C(=O)Cc1cccs1. The highest BCUT2D eigenvalue weighted by atomic mass is 32.1. The Morgan fingerprint density at radius 1 is 1.11 bits per heavy atom. The van der Waals surface area contributed by atoms with Crippen molar-refractivity contribution < 1.29 is 9.18 Å². The fraction of sp³-hybridized carbons (Fsp3) is 0.348. The lowest BCUT2D eigenvalue weighted by atomic mass is 10.2. The van der Waals surface area contributed by atoms with Gasteiger partial charge >= 0.3 is 0 Å². The average molecular weight is 399 g/mol. The van der Waals surface area contributed by atoms with Gasteiger partial charge in [-0.2, -0.15) is 0 Å². The van der Waals surface area contributed by atoms with Gasteiger partial charge in [0.25, 0.3) is 0 Å². The molecule has 0 unspecified atom stereocenters. The van der Waals surface area contributed by atoms with E-state index in [2.05, 4.69) is 17.6 Å². The van der Waals surface area contributed by atoms with Crippen molar-refractivity contribution in [2.24, 2.45) is 0 Å². The third-order valence-electron chi connectivity index (χ3n) is 4.83. The third-order valence-corrected chi connectivity index (χ3v) is 5.71. The molecule has 3 rings (SSSR count). The Labute approximate surface area is 170 Å². The lowest BCUT2D eigenvalue weighted by Gasteiger charge is -2.24. The molecule has 5 heteroatoms. The molecule has 1 amide bonds. The summed E-state index contributed by atoms with van der Waals surface area (Å²) in [5, 5.41) is 2.01. The number of carbonyl (C=O) groups excluding carboxylic acids is 1. The smallest absolute Gasteiger partial charge is 0.228 e. The minimum absolute atomic E-state index is 0.174. The standard InChI is InChI=1S/C23H27FN2OS/c1-2-3-4-13-26(23(27)16-22-8-6-15-28-22)18-21-7-5-14-25(21)17-19-9-11-20(24)12-10-19/h5-12,14-15H,2-4,13,16-18H2,1H3. The molecule has 3 nitrogen and oxygen atoms in total. The summed E-state index contributed by atoms with van der Waals surface area (Å²) < 4.78 is 15.3. The number of thiophene rings is 1. The molecule has 3 aromatic rings. The van der Waals surface area contributed by atoms with Crippen LogP contribution in [0.3, 0.4) is 0 Å². The van der Waals surface area contributed by atoms with Gasteiger partial charge < -0.3 is 9.47 Å². The fourth-order valence-corrected chi connectivity index (χ4v) is 3.94. The van der Waals surface area contributed by atoms with E-state index in [0.29, 0.717) is 19.5 Å². The number of halogens is 1. The number of hydrogen-bond acceptors (Lipinski definition) is 2. The van der Waals surface area contributed by atoms with Crippen LogP contribution in [0.15, 0.2) is 60.1 Å². The molecule has 0 radical (unpaired) electrons. The minimum Gasteiger partial charge on any atom is -0.345 e. The summed E-state index contributed by atoms with van der Waals surface area (Å²) in [6, 6.07) is 14.7. The van der Waals surface area contributed by atoms with Crippen molar-refractivity contribution in [2.75, 3.05) is 6.54 Å². The Bertz CT molecular complexity index is 855. The second kappa shape index (κ2) is 10.2. The number of aromatic nitrogens is 1. The van der Waals surface area contributed by atoms with Gasteiger partial charge in [0.1, 0.15) is 5.82 Å². The number of hydrogen-bond donors (Lipinski definition) is 0. The summed E-state index contributed by atoms with van der Waals surface area (Å²) in [5.41, 5.74) is 2.14. The van der Waals surface area contributed by atoms with Gasteiger partial charge in [0.15, 0.2) is 0 Å². The predicted molar refractivity (Wildman–Crippen MR) is 113 cm³/mol. The van der Waals surface area contributed by atoms with Crippen molar-refractivity contribution in [3.63, 3.8) is 0 Å². The molecule has 0 atom stereocenters. The van der Waals surface area contributed by atoms with Crippen LogP contribution < -0.4 is 0 Å². The lowest BCUT2D eigenvalue weighted by molar-refractivity contribution is -0.131. The van der Waals surface area contributed by atoms with Crippen LogP contribution in [0.25, 0.3) is 0 Å². The van der Waals surface area contributed by atoms with E-state index in [1.165, 1.54) is 12.1 Å². The molecular formula is C23H27FN2OS. The molecule has 0 fully saturated rings. The number of rotatable bonds is 10. The van der Waals surface area contributed by atoms with Crippen LogP contribution in [0.1, 0.15) is 42.3 Å². The second-order valence-corrected chi connectivity index (χ2v) is 8.06. The van der Waals surface area contributed by atoms with E-state index in [1.807, 2.05) is 34.7 Å². The van der Waals surface area contributed by atoms with Crippen molar-refractivity contribution >= 4 is 17.2 Å². The Morgan fingerprint density at radius 3 is 2.64 bits per heavy atom. The van der Waals surface area contributed by atoms with Gasteiger partial charge in [-0.1, -0.05) is 38.0 Å². The Kier molecular flexibility index (Phi) is 7.43. The van der Waals surface area contributed by atoms with Gasteiger partial charge in [-0.05, 0) is 47.7 Å². The first-order chi connectivity index (χ1) is 13.7. The van der Waals surface area contributed by atoms with E-state index in [-0.39, 0.29) is 11.7 Å². The van der Waals surface area contributed by atoms with Crippen LogP contribution in [0.5, 0.6) is 0 Å². The Balaban J connectivity index is 1.70. The fourth-order valence-electron chi connectivity index (χ4n) is 3.25. The summed E-state index contributed by atoms with van der Waals surface area (Å²) >= 11 is 1.63.